The molecule has 0 saturated heterocycles. The molecule has 0 spiro atoms. The summed E-state index contributed by atoms with van der Waals surface area (Å²) in [4.78, 5) is 24.7. The van der Waals surface area contributed by atoms with Crippen LogP contribution < -0.4 is 10.1 Å². The van der Waals surface area contributed by atoms with Crippen molar-refractivity contribution in [2.24, 2.45) is 17.8 Å². The maximum atomic E-state index is 12.6. The lowest BCUT2D eigenvalue weighted by molar-refractivity contribution is -0.136. The van der Waals surface area contributed by atoms with Crippen LogP contribution in [0.2, 0.25) is 0 Å². The zero-order chi connectivity index (χ0) is 15.5. The molecule has 4 heteroatoms. The van der Waals surface area contributed by atoms with Gasteiger partial charge in [0.1, 0.15) is 11.5 Å². The van der Waals surface area contributed by atoms with E-state index in [2.05, 4.69) is 5.32 Å². The second-order valence-corrected chi connectivity index (χ2v) is 6.31. The van der Waals surface area contributed by atoms with Gasteiger partial charge in [0.25, 0.3) is 0 Å². The van der Waals surface area contributed by atoms with Crippen LogP contribution in [0, 0.1) is 17.8 Å². The van der Waals surface area contributed by atoms with E-state index in [9.17, 15) is 9.59 Å². The van der Waals surface area contributed by atoms with Gasteiger partial charge in [0, 0.05) is 17.8 Å². The summed E-state index contributed by atoms with van der Waals surface area (Å²) in [5.41, 5.74) is 0.719. The molecule has 0 radical (unpaired) electrons. The van der Waals surface area contributed by atoms with Crippen molar-refractivity contribution in [2.75, 3.05) is 11.9 Å². The first-order chi connectivity index (χ1) is 10.7. The van der Waals surface area contributed by atoms with Crippen LogP contribution in [-0.2, 0) is 9.59 Å². The van der Waals surface area contributed by atoms with Gasteiger partial charge in [0.15, 0.2) is 0 Å². The zero-order valence-electron chi connectivity index (χ0n) is 13.0. The Morgan fingerprint density at radius 1 is 1.23 bits per heavy atom. The van der Waals surface area contributed by atoms with Gasteiger partial charge in [0.05, 0.1) is 12.3 Å². The molecule has 0 aliphatic heterocycles. The third-order valence-corrected chi connectivity index (χ3v) is 4.86. The van der Waals surface area contributed by atoms with E-state index in [1.165, 1.54) is 0 Å². The Hall–Kier alpha value is -1.84. The Bertz CT molecular complexity index is 553. The number of Topliss-reactive ketones (excluding diaryl/α,β-unsaturated/α-hetero) is 1. The van der Waals surface area contributed by atoms with Crippen molar-refractivity contribution in [3.05, 3.63) is 24.3 Å². The maximum absolute atomic E-state index is 12.6. The van der Waals surface area contributed by atoms with Crippen LogP contribution in [0.25, 0.3) is 0 Å². The number of fused-ring (bicyclic) bond motifs is 2. The van der Waals surface area contributed by atoms with Gasteiger partial charge >= 0.3 is 0 Å². The molecule has 118 valence electrons. The Balaban J connectivity index is 1.69. The molecule has 1 aromatic carbocycles. The molecule has 1 N–H and O–H groups in total. The number of rotatable bonds is 4. The zero-order valence-corrected chi connectivity index (χ0v) is 13.0. The Labute approximate surface area is 131 Å². The third kappa shape index (κ3) is 3.01. The number of benzene rings is 1. The number of carbonyl (C=O) groups is 2. The van der Waals surface area contributed by atoms with E-state index in [1.54, 1.807) is 0 Å². The summed E-state index contributed by atoms with van der Waals surface area (Å²) in [5, 5.41) is 2.99. The molecule has 2 saturated carbocycles. The number of para-hydroxylation sites is 2. The molecule has 2 aliphatic carbocycles. The van der Waals surface area contributed by atoms with Crippen molar-refractivity contribution in [2.45, 2.75) is 39.0 Å². The summed E-state index contributed by atoms with van der Waals surface area (Å²) < 4.78 is 5.55. The van der Waals surface area contributed by atoms with Gasteiger partial charge in [-0.1, -0.05) is 18.6 Å². The summed E-state index contributed by atoms with van der Waals surface area (Å²) in [7, 11) is 0. The fourth-order valence-electron chi connectivity index (χ4n) is 3.78. The van der Waals surface area contributed by atoms with Crippen molar-refractivity contribution >= 4 is 17.4 Å². The largest absolute Gasteiger partial charge is 0.492 e. The van der Waals surface area contributed by atoms with Gasteiger partial charge < -0.3 is 10.1 Å². The normalized spacial score (nSPS) is 27.3. The van der Waals surface area contributed by atoms with Gasteiger partial charge in [-0.2, -0.15) is 0 Å². The molecule has 3 atom stereocenters. The molecular formula is C18H23NO3. The molecule has 2 aliphatic rings. The molecule has 1 unspecified atom stereocenters. The summed E-state index contributed by atoms with van der Waals surface area (Å²) in [5.74, 6) is 1.27. The first-order valence-corrected chi connectivity index (χ1v) is 8.25. The van der Waals surface area contributed by atoms with E-state index in [0.717, 1.165) is 24.9 Å². The van der Waals surface area contributed by atoms with Crippen molar-refractivity contribution in [3.8, 4) is 5.75 Å². The smallest absolute Gasteiger partial charge is 0.227 e. The lowest BCUT2D eigenvalue weighted by Gasteiger charge is -2.37. The molecule has 2 bridgehead atoms. The molecule has 1 aromatic rings. The molecule has 1 amide bonds. The highest BCUT2D eigenvalue weighted by Crippen LogP contribution is 2.40. The fourth-order valence-corrected chi connectivity index (χ4v) is 3.78. The highest BCUT2D eigenvalue weighted by molar-refractivity contribution is 5.96. The molecular weight excluding hydrogens is 278 g/mol. The summed E-state index contributed by atoms with van der Waals surface area (Å²) in [6, 6.07) is 7.50. The minimum absolute atomic E-state index is 0.0246. The highest BCUT2D eigenvalue weighted by atomic mass is 16.5. The first-order valence-electron chi connectivity index (χ1n) is 8.25. The lowest BCUT2D eigenvalue weighted by atomic mass is 9.67. The second-order valence-electron chi connectivity index (χ2n) is 6.31. The summed E-state index contributed by atoms with van der Waals surface area (Å²) in [6.45, 7) is 2.49. The monoisotopic (exact) mass is 301 g/mol. The van der Waals surface area contributed by atoms with Crippen molar-refractivity contribution < 1.29 is 14.3 Å². The Kier molecular flexibility index (Phi) is 4.46. The quantitative estimate of drug-likeness (QED) is 0.927. The van der Waals surface area contributed by atoms with Crippen molar-refractivity contribution in [3.63, 3.8) is 0 Å². The van der Waals surface area contributed by atoms with E-state index < -0.39 is 0 Å². The lowest BCUT2D eigenvalue weighted by Crippen LogP contribution is -2.40. The number of ketones is 1. The molecule has 0 heterocycles. The average molecular weight is 301 g/mol. The average Bonchev–Trinajstić information content (AvgIpc) is 2.49. The van der Waals surface area contributed by atoms with Crippen LogP contribution in [0.15, 0.2) is 24.3 Å². The minimum Gasteiger partial charge on any atom is -0.492 e. The van der Waals surface area contributed by atoms with Crippen molar-refractivity contribution in [1.82, 2.24) is 0 Å². The van der Waals surface area contributed by atoms with E-state index >= 15 is 0 Å². The molecule has 22 heavy (non-hydrogen) atoms. The van der Waals surface area contributed by atoms with Crippen LogP contribution in [0.1, 0.15) is 39.0 Å². The number of nitrogens with one attached hydrogen (secondary N) is 1. The van der Waals surface area contributed by atoms with Gasteiger partial charge in [-0.3, -0.25) is 9.59 Å². The topological polar surface area (TPSA) is 55.4 Å². The first kappa shape index (κ1) is 15.1. The van der Waals surface area contributed by atoms with Gasteiger partial charge in [0.2, 0.25) is 5.91 Å². The standard InChI is InChI=1S/C18H23NO3/c1-2-22-16-9-4-3-8-15(16)19-18(21)14-10-12-6-5-7-13(11-14)17(12)20/h3-4,8-9,12-14H,2,5-7,10-11H2,1H3,(H,19,21)/t12-,13+,14?. The van der Waals surface area contributed by atoms with Gasteiger partial charge in [-0.25, -0.2) is 0 Å². The van der Waals surface area contributed by atoms with Gasteiger partial charge in [-0.15, -0.1) is 0 Å². The SMILES string of the molecule is CCOc1ccccc1NC(=O)C1C[C@H]2CCC[C@@H](C1)C2=O. The number of hydrogen-bond acceptors (Lipinski definition) is 3. The van der Waals surface area contributed by atoms with E-state index in [1.807, 2.05) is 31.2 Å². The summed E-state index contributed by atoms with van der Waals surface area (Å²) in [6.07, 6.45) is 4.45. The molecule has 4 nitrogen and oxygen atoms in total. The number of hydrogen-bond donors (Lipinski definition) is 1. The third-order valence-electron chi connectivity index (χ3n) is 4.86. The van der Waals surface area contributed by atoms with Crippen LogP contribution in [0.3, 0.4) is 0 Å². The number of amides is 1. The molecule has 2 fully saturated rings. The van der Waals surface area contributed by atoms with E-state index in [0.29, 0.717) is 31.0 Å². The van der Waals surface area contributed by atoms with Gasteiger partial charge in [-0.05, 0) is 44.7 Å². The number of ether oxygens (including phenoxy) is 1. The number of anilines is 1. The van der Waals surface area contributed by atoms with Crippen LogP contribution in [0.4, 0.5) is 5.69 Å². The van der Waals surface area contributed by atoms with Crippen LogP contribution >= 0.6 is 0 Å². The summed E-state index contributed by atoms with van der Waals surface area (Å²) >= 11 is 0. The predicted octanol–water partition coefficient (Wildman–Crippen LogP) is 3.42. The van der Waals surface area contributed by atoms with E-state index in [-0.39, 0.29) is 23.7 Å². The Morgan fingerprint density at radius 2 is 1.91 bits per heavy atom. The molecule has 0 aromatic heterocycles. The second kappa shape index (κ2) is 6.51. The number of carbonyl (C=O) groups excluding carboxylic acids is 2. The molecule has 3 rings (SSSR count). The minimum atomic E-state index is -0.0531. The van der Waals surface area contributed by atoms with Crippen LogP contribution in [0.5, 0.6) is 5.75 Å². The Morgan fingerprint density at radius 3 is 2.59 bits per heavy atom. The van der Waals surface area contributed by atoms with Crippen molar-refractivity contribution in [1.29, 1.82) is 0 Å². The fraction of sp³-hybridized carbons (Fsp3) is 0.556. The highest BCUT2D eigenvalue weighted by Gasteiger charge is 2.41. The maximum Gasteiger partial charge on any atom is 0.227 e. The predicted molar refractivity (Wildman–Crippen MR) is 84.8 cm³/mol. The van der Waals surface area contributed by atoms with Crippen LogP contribution in [-0.4, -0.2) is 18.3 Å². The van der Waals surface area contributed by atoms with E-state index in [4.69, 9.17) is 4.74 Å².